The molecule has 0 spiro atoms. The van der Waals surface area contributed by atoms with Crippen LogP contribution in [0.3, 0.4) is 0 Å². The van der Waals surface area contributed by atoms with E-state index in [1.54, 1.807) is 4.68 Å². The van der Waals surface area contributed by atoms with Crippen molar-refractivity contribution < 1.29 is 4.79 Å². The number of hydrogen-bond acceptors (Lipinski definition) is 3. The van der Waals surface area contributed by atoms with E-state index in [1.165, 1.54) is 11.3 Å². The molecule has 5 nitrogen and oxygen atoms in total. The van der Waals surface area contributed by atoms with Crippen LogP contribution < -0.4 is 10.2 Å². The lowest BCUT2D eigenvalue weighted by atomic mass is 10.2. The molecule has 2 aromatic rings. The summed E-state index contributed by atoms with van der Waals surface area (Å²) in [6.45, 7) is 8.01. The Morgan fingerprint density at radius 2 is 2.13 bits per heavy atom. The van der Waals surface area contributed by atoms with Crippen LogP contribution in [0.1, 0.15) is 23.9 Å². The molecule has 1 aliphatic heterocycles. The molecular formula is C18H24N4O. The van der Waals surface area contributed by atoms with Gasteiger partial charge in [0.1, 0.15) is 6.54 Å². The number of carbonyl (C=O) groups excluding carboxylic acids is 1. The standard InChI is InChI=1S/C18H24N4O/c1-13-10-14(2)22(20-13)12-18(23)19-11-15(3)21-9-8-16-6-4-5-7-17(16)21/h4-7,10,15H,8-9,11-12H2,1-3H3,(H,19,23). The number of anilines is 1. The summed E-state index contributed by atoms with van der Waals surface area (Å²) in [5, 5.41) is 7.36. The van der Waals surface area contributed by atoms with Gasteiger partial charge in [0.2, 0.25) is 5.91 Å². The van der Waals surface area contributed by atoms with E-state index in [4.69, 9.17) is 0 Å². The van der Waals surface area contributed by atoms with Gasteiger partial charge in [0.25, 0.3) is 0 Å². The number of nitrogens with zero attached hydrogens (tertiary/aromatic N) is 3. The molecule has 0 fully saturated rings. The Morgan fingerprint density at radius 3 is 2.87 bits per heavy atom. The highest BCUT2D eigenvalue weighted by Crippen LogP contribution is 2.28. The van der Waals surface area contributed by atoms with Gasteiger partial charge in [0.15, 0.2) is 0 Å². The van der Waals surface area contributed by atoms with E-state index < -0.39 is 0 Å². The van der Waals surface area contributed by atoms with Crippen molar-refractivity contribution in [2.24, 2.45) is 0 Å². The van der Waals surface area contributed by atoms with Gasteiger partial charge < -0.3 is 10.2 Å². The smallest absolute Gasteiger partial charge is 0.241 e. The van der Waals surface area contributed by atoms with Crippen LogP contribution in [0, 0.1) is 13.8 Å². The van der Waals surface area contributed by atoms with E-state index in [0.717, 1.165) is 24.4 Å². The lowest BCUT2D eigenvalue weighted by Gasteiger charge is -2.27. The fourth-order valence-electron chi connectivity index (χ4n) is 3.22. The third-order valence-corrected chi connectivity index (χ3v) is 4.45. The number of amides is 1. The van der Waals surface area contributed by atoms with Gasteiger partial charge in [0, 0.05) is 30.5 Å². The van der Waals surface area contributed by atoms with Gasteiger partial charge >= 0.3 is 0 Å². The minimum atomic E-state index is 0.00975. The number of nitrogens with one attached hydrogen (secondary N) is 1. The summed E-state index contributed by atoms with van der Waals surface area (Å²) in [7, 11) is 0. The molecule has 1 amide bonds. The lowest BCUT2D eigenvalue weighted by molar-refractivity contribution is -0.121. The first-order valence-corrected chi connectivity index (χ1v) is 8.17. The van der Waals surface area contributed by atoms with Gasteiger partial charge in [-0.1, -0.05) is 18.2 Å². The maximum Gasteiger partial charge on any atom is 0.241 e. The monoisotopic (exact) mass is 312 g/mol. The number of aromatic nitrogens is 2. The Labute approximate surface area is 137 Å². The minimum Gasteiger partial charge on any atom is -0.366 e. The first-order chi connectivity index (χ1) is 11.0. The number of carbonyl (C=O) groups is 1. The van der Waals surface area contributed by atoms with Gasteiger partial charge in [-0.2, -0.15) is 5.10 Å². The van der Waals surface area contributed by atoms with Crippen LogP contribution in [0.2, 0.25) is 0 Å². The highest BCUT2D eigenvalue weighted by Gasteiger charge is 2.23. The molecule has 2 heterocycles. The number of fused-ring (bicyclic) bond motifs is 1. The molecule has 1 aliphatic rings. The van der Waals surface area contributed by atoms with E-state index in [-0.39, 0.29) is 18.5 Å². The topological polar surface area (TPSA) is 50.2 Å². The second-order valence-electron chi connectivity index (χ2n) is 6.31. The van der Waals surface area contributed by atoms with Crippen molar-refractivity contribution in [3.05, 3.63) is 47.3 Å². The highest BCUT2D eigenvalue weighted by atomic mass is 16.2. The van der Waals surface area contributed by atoms with Crippen LogP contribution in [0.15, 0.2) is 30.3 Å². The average molecular weight is 312 g/mol. The van der Waals surface area contributed by atoms with Crippen LogP contribution >= 0.6 is 0 Å². The van der Waals surface area contributed by atoms with E-state index in [1.807, 2.05) is 19.9 Å². The molecule has 122 valence electrons. The molecule has 1 unspecified atom stereocenters. The number of rotatable bonds is 5. The van der Waals surface area contributed by atoms with E-state index in [0.29, 0.717) is 6.54 Å². The van der Waals surface area contributed by atoms with Crippen LogP contribution in [0.5, 0.6) is 0 Å². The predicted molar refractivity (Wildman–Crippen MR) is 91.7 cm³/mol. The molecule has 23 heavy (non-hydrogen) atoms. The highest BCUT2D eigenvalue weighted by molar-refractivity contribution is 5.75. The average Bonchev–Trinajstić information content (AvgIpc) is 3.08. The van der Waals surface area contributed by atoms with Crippen molar-refractivity contribution in [1.29, 1.82) is 0 Å². The van der Waals surface area contributed by atoms with Crippen molar-refractivity contribution in [1.82, 2.24) is 15.1 Å². The van der Waals surface area contributed by atoms with Gasteiger partial charge in [-0.05, 0) is 44.9 Å². The van der Waals surface area contributed by atoms with Crippen LogP contribution in [0.4, 0.5) is 5.69 Å². The Hall–Kier alpha value is -2.30. The molecule has 1 atom stereocenters. The summed E-state index contributed by atoms with van der Waals surface area (Å²) >= 11 is 0. The van der Waals surface area contributed by atoms with Crippen LogP contribution in [-0.4, -0.2) is 34.8 Å². The Morgan fingerprint density at radius 1 is 1.35 bits per heavy atom. The van der Waals surface area contributed by atoms with Gasteiger partial charge in [-0.25, -0.2) is 0 Å². The van der Waals surface area contributed by atoms with E-state index in [9.17, 15) is 4.79 Å². The second-order valence-corrected chi connectivity index (χ2v) is 6.31. The van der Waals surface area contributed by atoms with Crippen molar-refractivity contribution in [2.75, 3.05) is 18.0 Å². The first-order valence-electron chi connectivity index (χ1n) is 8.17. The van der Waals surface area contributed by atoms with Crippen LogP contribution in [-0.2, 0) is 17.8 Å². The Balaban J connectivity index is 1.54. The molecule has 0 bridgehead atoms. The summed E-state index contributed by atoms with van der Waals surface area (Å²) < 4.78 is 1.75. The molecule has 0 aliphatic carbocycles. The first kappa shape index (κ1) is 15.6. The SMILES string of the molecule is Cc1cc(C)n(CC(=O)NCC(C)N2CCc3ccccc32)n1. The van der Waals surface area contributed by atoms with Crippen molar-refractivity contribution in [3.8, 4) is 0 Å². The third-order valence-electron chi connectivity index (χ3n) is 4.45. The van der Waals surface area contributed by atoms with Crippen molar-refractivity contribution in [2.45, 2.75) is 39.8 Å². The van der Waals surface area contributed by atoms with Crippen LogP contribution in [0.25, 0.3) is 0 Å². The number of hydrogen-bond donors (Lipinski definition) is 1. The normalized spacial score (nSPS) is 14.7. The van der Waals surface area contributed by atoms with Crippen molar-refractivity contribution in [3.63, 3.8) is 0 Å². The molecule has 5 heteroatoms. The second kappa shape index (κ2) is 6.44. The molecule has 1 aromatic carbocycles. The fourth-order valence-corrected chi connectivity index (χ4v) is 3.22. The maximum absolute atomic E-state index is 12.1. The fraction of sp³-hybridized carbons (Fsp3) is 0.444. The summed E-state index contributed by atoms with van der Waals surface area (Å²) in [6.07, 6.45) is 1.08. The van der Waals surface area contributed by atoms with E-state index in [2.05, 4.69) is 46.5 Å². The summed E-state index contributed by atoms with van der Waals surface area (Å²) in [4.78, 5) is 14.5. The summed E-state index contributed by atoms with van der Waals surface area (Å²) in [5.74, 6) is 0.00975. The number of aryl methyl sites for hydroxylation is 2. The molecule has 3 rings (SSSR count). The quantitative estimate of drug-likeness (QED) is 0.919. The zero-order valence-corrected chi connectivity index (χ0v) is 14.0. The molecule has 1 aromatic heterocycles. The minimum absolute atomic E-state index is 0.00975. The van der Waals surface area contributed by atoms with Crippen molar-refractivity contribution >= 4 is 11.6 Å². The molecule has 0 saturated heterocycles. The third kappa shape index (κ3) is 3.38. The van der Waals surface area contributed by atoms with Gasteiger partial charge in [0.05, 0.1) is 5.69 Å². The van der Waals surface area contributed by atoms with Gasteiger partial charge in [-0.15, -0.1) is 0 Å². The molecule has 0 saturated carbocycles. The summed E-state index contributed by atoms with van der Waals surface area (Å²) in [5.41, 5.74) is 4.65. The Kier molecular flexibility index (Phi) is 4.37. The molecule has 1 N–H and O–H groups in total. The molecule has 0 radical (unpaired) electrons. The molecular weight excluding hydrogens is 288 g/mol. The van der Waals surface area contributed by atoms with E-state index >= 15 is 0 Å². The largest absolute Gasteiger partial charge is 0.366 e. The van der Waals surface area contributed by atoms with Gasteiger partial charge in [-0.3, -0.25) is 9.48 Å². The zero-order chi connectivity index (χ0) is 16.4. The zero-order valence-electron chi connectivity index (χ0n) is 14.0. The number of benzene rings is 1. The lowest BCUT2D eigenvalue weighted by Crippen LogP contribution is -2.42. The maximum atomic E-state index is 12.1. The predicted octanol–water partition coefficient (Wildman–Crippen LogP) is 2.07. The summed E-state index contributed by atoms with van der Waals surface area (Å²) in [6, 6.07) is 10.8. The Bertz CT molecular complexity index is 707. The number of para-hydroxylation sites is 1.